The Bertz CT molecular complexity index is 1440. The predicted octanol–water partition coefficient (Wildman–Crippen LogP) is 3.14. The van der Waals surface area contributed by atoms with Crippen LogP contribution in [-0.2, 0) is 11.3 Å². The Morgan fingerprint density at radius 2 is 1.95 bits per heavy atom. The molecule has 10 nitrogen and oxygen atoms in total. The number of nitrogens with zero attached hydrogens (tertiary/aromatic N) is 3. The fourth-order valence-electron chi connectivity index (χ4n) is 4.85. The Kier molecular flexibility index (Phi) is 6.87. The highest BCUT2D eigenvalue weighted by atomic mass is 32.1. The monoisotopic (exact) mass is 517 g/mol. The lowest BCUT2D eigenvalue weighted by atomic mass is 10.0. The van der Waals surface area contributed by atoms with E-state index >= 15 is 0 Å². The van der Waals surface area contributed by atoms with Gasteiger partial charge in [-0.2, -0.15) is 4.37 Å². The molecule has 0 radical (unpaired) electrons. The lowest BCUT2D eigenvalue weighted by molar-refractivity contribution is -0.126. The molecule has 190 valence electrons. The third kappa shape index (κ3) is 4.90. The van der Waals surface area contributed by atoms with E-state index in [0.717, 1.165) is 53.7 Å². The van der Waals surface area contributed by atoms with Gasteiger partial charge < -0.3 is 26.7 Å². The average molecular weight is 518 g/mol. The van der Waals surface area contributed by atoms with Gasteiger partial charge >= 0.3 is 0 Å². The number of nitrogens with two attached hydrogens (primary N) is 2. The van der Waals surface area contributed by atoms with Crippen molar-refractivity contribution in [1.82, 2.24) is 24.6 Å². The minimum absolute atomic E-state index is 0.0467. The quantitative estimate of drug-likeness (QED) is 0.281. The molecule has 3 amide bonds. The Morgan fingerprint density at radius 3 is 2.65 bits per heavy atom. The number of primary amides is 1. The highest BCUT2D eigenvalue weighted by Gasteiger charge is 2.37. The Hall–Kier alpha value is -4.25. The summed E-state index contributed by atoms with van der Waals surface area (Å²) in [4.78, 5) is 48.7. The molecule has 0 bridgehead atoms. The van der Waals surface area contributed by atoms with Gasteiger partial charge in [-0.3, -0.25) is 19.4 Å². The van der Waals surface area contributed by atoms with E-state index < -0.39 is 17.9 Å². The second-order valence-corrected chi connectivity index (χ2v) is 9.89. The summed E-state index contributed by atoms with van der Waals surface area (Å²) in [6, 6.07) is 10.3. The van der Waals surface area contributed by atoms with Crippen molar-refractivity contribution in [3.63, 3.8) is 0 Å². The molecular weight excluding hydrogens is 490 g/mol. The molecule has 0 unspecified atom stereocenters. The number of amides is 3. The number of rotatable bonds is 8. The maximum absolute atomic E-state index is 14.1. The number of fused-ring (bicyclic) bond motifs is 1. The zero-order valence-electron chi connectivity index (χ0n) is 20.0. The van der Waals surface area contributed by atoms with E-state index in [4.69, 9.17) is 11.5 Å². The van der Waals surface area contributed by atoms with Crippen molar-refractivity contribution in [2.75, 3.05) is 5.73 Å². The number of H-pyrrole nitrogens is 1. The molecule has 3 aromatic heterocycles. The maximum atomic E-state index is 14.1. The van der Waals surface area contributed by atoms with Gasteiger partial charge in [0.1, 0.15) is 10.9 Å². The van der Waals surface area contributed by atoms with Gasteiger partial charge in [-0.15, -0.1) is 0 Å². The Morgan fingerprint density at radius 1 is 1.16 bits per heavy atom. The number of benzene rings is 1. The van der Waals surface area contributed by atoms with Gasteiger partial charge in [-0.05, 0) is 42.1 Å². The minimum Gasteiger partial charge on any atom is -0.395 e. The lowest BCUT2D eigenvalue weighted by Crippen LogP contribution is -2.45. The van der Waals surface area contributed by atoms with Crippen LogP contribution < -0.4 is 16.8 Å². The fraction of sp³-hybridized carbons (Fsp3) is 0.269. The fourth-order valence-corrected chi connectivity index (χ4v) is 5.61. The molecule has 0 spiro atoms. The maximum Gasteiger partial charge on any atom is 0.270 e. The molecule has 5 rings (SSSR count). The van der Waals surface area contributed by atoms with Crippen LogP contribution in [0.15, 0.2) is 55.0 Å². The van der Waals surface area contributed by atoms with Crippen molar-refractivity contribution in [3.8, 4) is 0 Å². The summed E-state index contributed by atoms with van der Waals surface area (Å²) in [5.41, 5.74) is 13.5. The van der Waals surface area contributed by atoms with Gasteiger partial charge in [0.05, 0.1) is 5.69 Å². The van der Waals surface area contributed by atoms with Crippen LogP contribution in [0.4, 0.5) is 5.69 Å². The molecule has 11 heteroatoms. The van der Waals surface area contributed by atoms with E-state index in [9.17, 15) is 14.4 Å². The van der Waals surface area contributed by atoms with E-state index in [1.165, 1.54) is 4.90 Å². The highest BCUT2D eigenvalue weighted by Crippen LogP contribution is 2.34. The summed E-state index contributed by atoms with van der Waals surface area (Å²) >= 11 is 0.792. The van der Waals surface area contributed by atoms with Crippen LogP contribution >= 0.6 is 11.5 Å². The molecule has 1 aliphatic carbocycles. The number of hydrogen-bond acceptors (Lipinski definition) is 7. The Balaban J connectivity index is 1.63. The molecule has 1 atom stereocenters. The molecule has 3 heterocycles. The van der Waals surface area contributed by atoms with Gasteiger partial charge in [0.15, 0.2) is 5.69 Å². The second-order valence-electron chi connectivity index (χ2n) is 9.11. The molecular formula is C26H27N7O3S. The number of carbonyl (C=O) groups is 3. The van der Waals surface area contributed by atoms with Crippen molar-refractivity contribution in [2.24, 2.45) is 5.73 Å². The SMILES string of the molecule is NC(=O)c1nsc(C(=O)N(Cc2cccnc2)[C@@H](C(=O)NC2CCCC2)c2c[nH]c3ccccc23)c1N. The van der Waals surface area contributed by atoms with E-state index in [-0.39, 0.29) is 34.8 Å². The van der Waals surface area contributed by atoms with Gasteiger partial charge in [-0.25, -0.2) is 0 Å². The summed E-state index contributed by atoms with van der Waals surface area (Å²) < 4.78 is 4.00. The van der Waals surface area contributed by atoms with E-state index in [1.54, 1.807) is 24.7 Å². The Labute approximate surface area is 217 Å². The summed E-state index contributed by atoms with van der Waals surface area (Å²) in [5, 5.41) is 3.99. The summed E-state index contributed by atoms with van der Waals surface area (Å²) in [5.74, 6) is -1.63. The summed E-state index contributed by atoms with van der Waals surface area (Å²) in [7, 11) is 0. The van der Waals surface area contributed by atoms with Crippen molar-refractivity contribution in [1.29, 1.82) is 0 Å². The third-order valence-corrected chi connectivity index (χ3v) is 7.52. The lowest BCUT2D eigenvalue weighted by Gasteiger charge is -2.31. The number of hydrogen-bond donors (Lipinski definition) is 4. The van der Waals surface area contributed by atoms with Crippen LogP contribution in [0.2, 0.25) is 0 Å². The molecule has 4 aromatic rings. The smallest absolute Gasteiger partial charge is 0.270 e. The number of aromatic amines is 1. The molecule has 0 aliphatic heterocycles. The number of anilines is 1. The normalized spacial score (nSPS) is 14.5. The summed E-state index contributed by atoms with van der Waals surface area (Å²) in [6.45, 7) is 0.0815. The first-order valence-corrected chi connectivity index (χ1v) is 12.8. The van der Waals surface area contributed by atoms with Crippen molar-refractivity contribution < 1.29 is 14.4 Å². The van der Waals surface area contributed by atoms with E-state index in [2.05, 4.69) is 19.7 Å². The molecule has 1 fully saturated rings. The first-order valence-electron chi connectivity index (χ1n) is 12.0. The van der Waals surface area contributed by atoms with E-state index in [0.29, 0.717) is 5.56 Å². The van der Waals surface area contributed by atoms with Crippen molar-refractivity contribution >= 4 is 45.8 Å². The van der Waals surface area contributed by atoms with Gasteiger partial charge in [0.2, 0.25) is 5.91 Å². The molecule has 0 saturated heterocycles. The van der Waals surface area contributed by atoms with Gasteiger partial charge in [0.25, 0.3) is 11.8 Å². The van der Waals surface area contributed by atoms with Crippen LogP contribution in [0.5, 0.6) is 0 Å². The zero-order chi connectivity index (χ0) is 25.9. The highest BCUT2D eigenvalue weighted by molar-refractivity contribution is 7.09. The van der Waals surface area contributed by atoms with Crippen LogP contribution in [0.3, 0.4) is 0 Å². The van der Waals surface area contributed by atoms with Crippen LogP contribution in [0, 0.1) is 0 Å². The number of para-hydroxylation sites is 1. The molecule has 1 aromatic carbocycles. The van der Waals surface area contributed by atoms with Crippen LogP contribution in [0.1, 0.15) is 63.0 Å². The predicted molar refractivity (Wildman–Crippen MR) is 141 cm³/mol. The number of carbonyl (C=O) groups excluding carboxylic acids is 3. The zero-order valence-corrected chi connectivity index (χ0v) is 20.8. The number of nitrogen functional groups attached to an aromatic ring is 1. The average Bonchev–Trinajstić information content (AvgIpc) is 3.64. The largest absolute Gasteiger partial charge is 0.395 e. The summed E-state index contributed by atoms with van der Waals surface area (Å²) in [6.07, 6.45) is 8.94. The minimum atomic E-state index is -0.983. The number of nitrogens with one attached hydrogen (secondary N) is 2. The van der Waals surface area contributed by atoms with Crippen LogP contribution in [-0.4, -0.2) is 43.0 Å². The van der Waals surface area contributed by atoms with Gasteiger partial charge in [-0.1, -0.05) is 37.1 Å². The van der Waals surface area contributed by atoms with E-state index in [1.807, 2.05) is 30.3 Å². The van der Waals surface area contributed by atoms with Gasteiger partial charge in [0, 0.05) is 47.6 Å². The van der Waals surface area contributed by atoms with Crippen molar-refractivity contribution in [3.05, 3.63) is 76.7 Å². The molecule has 6 N–H and O–H groups in total. The second kappa shape index (κ2) is 10.4. The van der Waals surface area contributed by atoms with Crippen molar-refractivity contribution in [2.45, 2.75) is 44.3 Å². The third-order valence-electron chi connectivity index (χ3n) is 6.67. The molecule has 37 heavy (non-hydrogen) atoms. The first kappa shape index (κ1) is 24.4. The standard InChI is InChI=1S/C26H27N7O3S/c27-20-21(24(28)34)32-37-23(20)26(36)33(14-15-6-5-11-29-12-15)22(25(35)31-16-7-1-2-8-16)18-13-30-19-10-4-3-9-17(18)19/h3-6,9-13,16,22,30H,1-2,7-8,14,27H2,(H2,28,34)(H,31,35)/t22-/m1/s1. The number of pyridine rings is 1. The molecule has 1 saturated carbocycles. The molecule has 1 aliphatic rings. The topological polar surface area (TPSA) is 160 Å². The first-order chi connectivity index (χ1) is 17.9. The van der Waals surface area contributed by atoms with Crippen LogP contribution in [0.25, 0.3) is 10.9 Å². The number of aromatic nitrogens is 3.